The normalized spacial score (nSPS) is 16.0. The van der Waals surface area contributed by atoms with E-state index < -0.39 is 0 Å². The highest BCUT2D eigenvalue weighted by atomic mass is 16.2. The van der Waals surface area contributed by atoms with Crippen molar-refractivity contribution in [1.29, 1.82) is 0 Å². The Bertz CT molecular complexity index is 432. The molecule has 2 N–H and O–H groups in total. The fourth-order valence-electron chi connectivity index (χ4n) is 3.18. The van der Waals surface area contributed by atoms with E-state index in [-0.39, 0.29) is 17.9 Å². The van der Waals surface area contributed by atoms with Gasteiger partial charge in [-0.25, -0.2) is 0 Å². The van der Waals surface area contributed by atoms with Gasteiger partial charge in [-0.05, 0) is 49.9 Å². The number of nitrogens with one attached hydrogen (secondary N) is 2. The molecule has 3 amide bonds. The first-order chi connectivity index (χ1) is 13.7. The maximum absolute atomic E-state index is 12.3. The van der Waals surface area contributed by atoms with Gasteiger partial charge < -0.3 is 15.5 Å². The average Bonchev–Trinajstić information content (AvgIpc) is 3.11. The number of hydrogen-bond donors (Lipinski definition) is 2. The summed E-state index contributed by atoms with van der Waals surface area (Å²) in [5, 5.41) is 5.58. The SMILES string of the molecule is CC(C)CCCC(=O)N1CCCC1C(=O)NCCC(C)C.CC(C)CCNC=O. The second-order valence-corrected chi connectivity index (χ2v) is 9.26. The monoisotopic (exact) mass is 411 g/mol. The van der Waals surface area contributed by atoms with E-state index in [1.54, 1.807) is 4.90 Å². The van der Waals surface area contributed by atoms with Crippen molar-refractivity contribution in [3.05, 3.63) is 0 Å². The summed E-state index contributed by atoms with van der Waals surface area (Å²) < 4.78 is 0. The molecular weight excluding hydrogens is 366 g/mol. The maximum atomic E-state index is 12.3. The van der Waals surface area contributed by atoms with Crippen molar-refractivity contribution in [3.8, 4) is 0 Å². The molecule has 1 unspecified atom stereocenters. The molecule has 0 radical (unpaired) electrons. The Morgan fingerprint density at radius 3 is 2.10 bits per heavy atom. The van der Waals surface area contributed by atoms with Crippen LogP contribution >= 0.6 is 0 Å². The minimum atomic E-state index is -0.233. The van der Waals surface area contributed by atoms with Crippen LogP contribution in [0.5, 0.6) is 0 Å². The number of hydrogen-bond acceptors (Lipinski definition) is 3. The molecule has 0 aromatic rings. The van der Waals surface area contributed by atoms with Gasteiger partial charge in [-0.3, -0.25) is 14.4 Å². The van der Waals surface area contributed by atoms with E-state index in [2.05, 4.69) is 52.2 Å². The Morgan fingerprint density at radius 2 is 1.55 bits per heavy atom. The third-order valence-electron chi connectivity index (χ3n) is 5.02. The van der Waals surface area contributed by atoms with Crippen LogP contribution in [0.25, 0.3) is 0 Å². The lowest BCUT2D eigenvalue weighted by Gasteiger charge is -2.24. The van der Waals surface area contributed by atoms with Crippen molar-refractivity contribution in [2.24, 2.45) is 17.8 Å². The molecule has 0 bridgehead atoms. The molecule has 1 fully saturated rings. The standard InChI is InChI=1S/C17H32N2O2.C6H13NO/c1-13(2)7-5-9-16(20)19-12-6-8-15(19)17(21)18-11-10-14(3)4;1-6(2)3-4-7-5-8/h13-15H,5-12H2,1-4H3,(H,18,21);5-6H,3-4H2,1-2H3,(H,7,8). The minimum absolute atomic E-state index is 0.0327. The summed E-state index contributed by atoms with van der Waals surface area (Å²) in [6.45, 7) is 15.2. The summed E-state index contributed by atoms with van der Waals surface area (Å²) in [5.74, 6) is 2.08. The van der Waals surface area contributed by atoms with Gasteiger partial charge in [-0.1, -0.05) is 48.0 Å². The van der Waals surface area contributed by atoms with Crippen LogP contribution in [0.2, 0.25) is 0 Å². The van der Waals surface area contributed by atoms with Crippen molar-refractivity contribution in [2.45, 2.75) is 92.5 Å². The molecule has 0 spiro atoms. The topological polar surface area (TPSA) is 78.5 Å². The molecule has 0 saturated carbocycles. The van der Waals surface area contributed by atoms with E-state index in [0.29, 0.717) is 30.7 Å². The van der Waals surface area contributed by atoms with Crippen molar-refractivity contribution in [2.75, 3.05) is 19.6 Å². The Kier molecular flexibility index (Phi) is 15.3. The van der Waals surface area contributed by atoms with Crippen molar-refractivity contribution in [3.63, 3.8) is 0 Å². The Labute approximate surface area is 178 Å². The number of carbonyl (C=O) groups is 3. The van der Waals surface area contributed by atoms with Crippen LogP contribution in [-0.4, -0.2) is 48.8 Å². The molecule has 6 nitrogen and oxygen atoms in total. The summed E-state index contributed by atoms with van der Waals surface area (Å²) in [6, 6.07) is -0.233. The van der Waals surface area contributed by atoms with E-state index in [1.165, 1.54) is 0 Å². The predicted molar refractivity (Wildman–Crippen MR) is 119 cm³/mol. The zero-order valence-electron chi connectivity index (χ0n) is 19.6. The largest absolute Gasteiger partial charge is 0.359 e. The molecule has 0 aliphatic carbocycles. The fourth-order valence-corrected chi connectivity index (χ4v) is 3.18. The van der Waals surface area contributed by atoms with Gasteiger partial charge in [-0.2, -0.15) is 0 Å². The third kappa shape index (κ3) is 14.1. The van der Waals surface area contributed by atoms with E-state index in [9.17, 15) is 14.4 Å². The Balaban J connectivity index is 0.000000828. The lowest BCUT2D eigenvalue weighted by molar-refractivity contribution is -0.138. The number of rotatable bonds is 12. The molecular formula is C23H45N3O3. The van der Waals surface area contributed by atoms with Gasteiger partial charge in [0.15, 0.2) is 0 Å². The minimum Gasteiger partial charge on any atom is -0.359 e. The van der Waals surface area contributed by atoms with Gasteiger partial charge in [0.05, 0.1) is 0 Å². The first-order valence-corrected chi connectivity index (χ1v) is 11.4. The summed E-state index contributed by atoms with van der Waals surface area (Å²) in [5.41, 5.74) is 0. The van der Waals surface area contributed by atoms with E-state index in [0.717, 1.165) is 58.0 Å². The molecule has 1 saturated heterocycles. The van der Waals surface area contributed by atoms with Crippen molar-refractivity contribution in [1.82, 2.24) is 15.5 Å². The molecule has 29 heavy (non-hydrogen) atoms. The fraction of sp³-hybridized carbons (Fsp3) is 0.870. The Hall–Kier alpha value is -1.59. The maximum Gasteiger partial charge on any atom is 0.242 e. The zero-order chi connectivity index (χ0) is 22.2. The highest BCUT2D eigenvalue weighted by molar-refractivity contribution is 5.88. The Morgan fingerprint density at radius 1 is 0.966 bits per heavy atom. The van der Waals surface area contributed by atoms with Gasteiger partial charge in [-0.15, -0.1) is 0 Å². The van der Waals surface area contributed by atoms with Gasteiger partial charge in [0.1, 0.15) is 6.04 Å². The molecule has 170 valence electrons. The summed E-state index contributed by atoms with van der Waals surface area (Å²) in [6.07, 6.45) is 7.12. The van der Waals surface area contributed by atoms with Crippen LogP contribution in [0.1, 0.15) is 86.5 Å². The van der Waals surface area contributed by atoms with Crippen molar-refractivity contribution < 1.29 is 14.4 Å². The second kappa shape index (κ2) is 16.2. The van der Waals surface area contributed by atoms with Gasteiger partial charge in [0.25, 0.3) is 0 Å². The van der Waals surface area contributed by atoms with Gasteiger partial charge in [0, 0.05) is 26.1 Å². The van der Waals surface area contributed by atoms with Crippen LogP contribution in [0.4, 0.5) is 0 Å². The average molecular weight is 412 g/mol. The lowest BCUT2D eigenvalue weighted by Crippen LogP contribution is -2.46. The zero-order valence-corrected chi connectivity index (χ0v) is 19.6. The molecule has 1 heterocycles. The number of nitrogens with zero attached hydrogens (tertiary/aromatic N) is 1. The highest BCUT2D eigenvalue weighted by Crippen LogP contribution is 2.20. The quantitative estimate of drug-likeness (QED) is 0.379. The second-order valence-electron chi connectivity index (χ2n) is 9.26. The van der Waals surface area contributed by atoms with Gasteiger partial charge >= 0.3 is 0 Å². The first-order valence-electron chi connectivity index (χ1n) is 11.4. The third-order valence-corrected chi connectivity index (χ3v) is 5.02. The summed E-state index contributed by atoms with van der Waals surface area (Å²) in [4.78, 5) is 36.0. The van der Waals surface area contributed by atoms with Crippen LogP contribution in [0.3, 0.4) is 0 Å². The predicted octanol–water partition coefficient (Wildman–Crippen LogP) is 3.74. The summed E-state index contributed by atoms with van der Waals surface area (Å²) in [7, 11) is 0. The van der Waals surface area contributed by atoms with E-state index in [1.807, 2.05) is 0 Å². The lowest BCUT2D eigenvalue weighted by atomic mass is 10.1. The van der Waals surface area contributed by atoms with Crippen LogP contribution in [0, 0.1) is 17.8 Å². The molecule has 0 aromatic carbocycles. The van der Waals surface area contributed by atoms with Crippen LogP contribution in [-0.2, 0) is 14.4 Å². The first kappa shape index (κ1) is 27.4. The van der Waals surface area contributed by atoms with Crippen molar-refractivity contribution >= 4 is 18.2 Å². The van der Waals surface area contributed by atoms with E-state index in [4.69, 9.17) is 0 Å². The number of likely N-dealkylation sites (tertiary alicyclic amines) is 1. The van der Waals surface area contributed by atoms with Crippen LogP contribution < -0.4 is 10.6 Å². The number of carbonyl (C=O) groups excluding carboxylic acids is 3. The van der Waals surface area contributed by atoms with E-state index >= 15 is 0 Å². The molecule has 1 rings (SSSR count). The molecule has 1 aliphatic heterocycles. The molecule has 0 aromatic heterocycles. The molecule has 6 heteroatoms. The number of amides is 3. The summed E-state index contributed by atoms with van der Waals surface area (Å²) >= 11 is 0. The smallest absolute Gasteiger partial charge is 0.242 e. The molecule has 1 atom stereocenters. The molecule has 1 aliphatic rings. The highest BCUT2D eigenvalue weighted by Gasteiger charge is 2.33. The van der Waals surface area contributed by atoms with Gasteiger partial charge in [0.2, 0.25) is 18.2 Å². The van der Waals surface area contributed by atoms with Crippen LogP contribution in [0.15, 0.2) is 0 Å².